The van der Waals surface area contributed by atoms with Crippen molar-refractivity contribution in [2.45, 2.75) is 25.1 Å². The minimum atomic E-state index is -1.72. The molecule has 1 saturated heterocycles. The number of carboxylic acid groups (broad SMARTS) is 1. The summed E-state index contributed by atoms with van der Waals surface area (Å²) in [5.74, 6) is -1.34. The minimum absolute atomic E-state index is 0.410. The quantitative estimate of drug-likeness (QED) is 0.641. The van der Waals surface area contributed by atoms with Gasteiger partial charge in [-0.1, -0.05) is 0 Å². The topological polar surface area (TPSA) is 40.5 Å². The van der Waals surface area contributed by atoms with Gasteiger partial charge < -0.3 is 5.11 Å². The average molecular weight is 161 g/mol. The van der Waals surface area contributed by atoms with E-state index in [4.69, 9.17) is 5.11 Å². The maximum Gasteiger partial charge on any atom is 0.339 e. The Morgan fingerprint density at radius 2 is 2.45 bits per heavy atom. The second-order valence-electron chi connectivity index (χ2n) is 2.93. The monoisotopic (exact) mass is 161 g/mol. The first kappa shape index (κ1) is 8.46. The zero-order valence-corrected chi connectivity index (χ0v) is 6.46. The summed E-state index contributed by atoms with van der Waals surface area (Å²) in [7, 11) is 1.76. The lowest BCUT2D eigenvalue weighted by Crippen LogP contribution is -2.38. The van der Waals surface area contributed by atoms with Crippen LogP contribution in [0, 0.1) is 0 Å². The van der Waals surface area contributed by atoms with Gasteiger partial charge in [-0.15, -0.1) is 0 Å². The molecule has 1 heterocycles. The van der Waals surface area contributed by atoms with Gasteiger partial charge in [0.1, 0.15) is 0 Å². The predicted molar refractivity (Wildman–Crippen MR) is 38.2 cm³/mol. The zero-order valence-electron chi connectivity index (χ0n) is 6.46. The third kappa shape index (κ3) is 1.68. The van der Waals surface area contributed by atoms with Gasteiger partial charge in [-0.3, -0.25) is 4.90 Å². The van der Waals surface area contributed by atoms with E-state index in [1.807, 2.05) is 0 Å². The van der Waals surface area contributed by atoms with Crippen molar-refractivity contribution in [1.82, 2.24) is 4.90 Å². The van der Waals surface area contributed by atoms with Gasteiger partial charge in [-0.05, 0) is 26.4 Å². The number of rotatable bonds is 2. The number of halogens is 1. The van der Waals surface area contributed by atoms with E-state index in [0.717, 1.165) is 13.0 Å². The number of hydrogen-bond acceptors (Lipinski definition) is 2. The first-order chi connectivity index (χ1) is 5.13. The van der Waals surface area contributed by atoms with Crippen LogP contribution >= 0.6 is 0 Å². The summed E-state index contributed by atoms with van der Waals surface area (Å²) >= 11 is 0. The summed E-state index contributed by atoms with van der Waals surface area (Å²) in [6, 6.07) is -0.410. The molecular weight excluding hydrogens is 149 g/mol. The van der Waals surface area contributed by atoms with Gasteiger partial charge in [0.2, 0.25) is 6.17 Å². The summed E-state index contributed by atoms with van der Waals surface area (Å²) in [6.45, 7) is 0.804. The van der Waals surface area contributed by atoms with Crippen molar-refractivity contribution in [2.75, 3.05) is 13.6 Å². The van der Waals surface area contributed by atoms with E-state index >= 15 is 0 Å². The van der Waals surface area contributed by atoms with Crippen molar-refractivity contribution >= 4 is 5.97 Å². The molecule has 3 nitrogen and oxygen atoms in total. The molecule has 0 bridgehead atoms. The third-order valence-electron chi connectivity index (χ3n) is 2.15. The molecule has 64 valence electrons. The van der Waals surface area contributed by atoms with Crippen LogP contribution in [0.4, 0.5) is 4.39 Å². The molecular formula is C7H12FNO2. The first-order valence-corrected chi connectivity index (χ1v) is 3.70. The lowest BCUT2D eigenvalue weighted by molar-refractivity contribution is -0.144. The van der Waals surface area contributed by atoms with Gasteiger partial charge in [0.05, 0.1) is 6.04 Å². The molecule has 0 saturated carbocycles. The molecule has 0 amide bonds. The van der Waals surface area contributed by atoms with Crippen molar-refractivity contribution in [3.8, 4) is 0 Å². The number of likely N-dealkylation sites (tertiary alicyclic amines) is 1. The van der Waals surface area contributed by atoms with Gasteiger partial charge >= 0.3 is 5.97 Å². The van der Waals surface area contributed by atoms with Crippen LogP contribution in [0.25, 0.3) is 0 Å². The summed E-state index contributed by atoms with van der Waals surface area (Å²) < 4.78 is 12.8. The molecule has 2 atom stereocenters. The number of aliphatic carboxylic acids is 1. The summed E-state index contributed by atoms with van der Waals surface area (Å²) in [4.78, 5) is 12.0. The van der Waals surface area contributed by atoms with Crippen LogP contribution in [0.5, 0.6) is 0 Å². The van der Waals surface area contributed by atoms with Gasteiger partial charge in [-0.2, -0.15) is 0 Å². The third-order valence-corrected chi connectivity index (χ3v) is 2.15. The van der Waals surface area contributed by atoms with Gasteiger partial charge in [0.25, 0.3) is 0 Å². The Hall–Kier alpha value is -0.640. The largest absolute Gasteiger partial charge is 0.479 e. The fourth-order valence-electron chi connectivity index (χ4n) is 1.47. The van der Waals surface area contributed by atoms with Gasteiger partial charge in [-0.25, -0.2) is 9.18 Å². The van der Waals surface area contributed by atoms with Crippen LogP contribution in [-0.4, -0.2) is 41.8 Å². The zero-order chi connectivity index (χ0) is 8.43. The van der Waals surface area contributed by atoms with Crippen LogP contribution in [0.15, 0.2) is 0 Å². The number of nitrogens with zero attached hydrogens (tertiary/aromatic N) is 1. The molecule has 0 spiro atoms. The molecule has 1 fully saturated rings. The number of hydrogen-bond donors (Lipinski definition) is 1. The first-order valence-electron chi connectivity index (χ1n) is 3.70. The second-order valence-corrected chi connectivity index (χ2v) is 2.93. The Bertz CT molecular complexity index is 163. The average Bonchev–Trinajstić information content (AvgIpc) is 2.33. The van der Waals surface area contributed by atoms with Crippen LogP contribution < -0.4 is 0 Å². The highest BCUT2D eigenvalue weighted by molar-refractivity contribution is 5.73. The molecule has 1 rings (SSSR count). The van der Waals surface area contributed by atoms with Crippen LogP contribution in [0.2, 0.25) is 0 Å². The SMILES string of the molecule is CN1CCCC1C(F)C(=O)O. The lowest BCUT2D eigenvalue weighted by Gasteiger charge is -2.19. The van der Waals surface area contributed by atoms with E-state index in [1.165, 1.54) is 0 Å². The van der Waals surface area contributed by atoms with Crippen molar-refractivity contribution in [1.29, 1.82) is 0 Å². The minimum Gasteiger partial charge on any atom is -0.479 e. The molecule has 0 aliphatic carbocycles. The molecule has 1 aliphatic heterocycles. The predicted octanol–water partition coefficient (Wildman–Crippen LogP) is 0.503. The smallest absolute Gasteiger partial charge is 0.339 e. The maximum absolute atomic E-state index is 12.8. The number of carboxylic acids is 1. The van der Waals surface area contributed by atoms with Crippen LogP contribution in [-0.2, 0) is 4.79 Å². The highest BCUT2D eigenvalue weighted by Crippen LogP contribution is 2.19. The standard InChI is InChI=1S/C7H12FNO2/c1-9-4-2-3-5(9)6(8)7(10)11/h5-6H,2-4H2,1H3,(H,10,11). The normalized spacial score (nSPS) is 28.7. The molecule has 0 aromatic rings. The molecule has 2 unspecified atom stereocenters. The van der Waals surface area contributed by atoms with Crippen molar-refractivity contribution in [3.63, 3.8) is 0 Å². The molecule has 1 N–H and O–H groups in total. The van der Waals surface area contributed by atoms with E-state index in [0.29, 0.717) is 6.42 Å². The van der Waals surface area contributed by atoms with Crippen LogP contribution in [0.3, 0.4) is 0 Å². The van der Waals surface area contributed by atoms with Crippen molar-refractivity contribution in [3.05, 3.63) is 0 Å². The second kappa shape index (κ2) is 3.17. The molecule has 0 radical (unpaired) electrons. The summed E-state index contributed by atoms with van der Waals surface area (Å²) in [6.07, 6.45) is -0.166. The van der Waals surface area contributed by atoms with E-state index < -0.39 is 18.2 Å². The Morgan fingerprint density at radius 3 is 2.82 bits per heavy atom. The van der Waals surface area contributed by atoms with Crippen LogP contribution in [0.1, 0.15) is 12.8 Å². The Balaban J connectivity index is 2.52. The fourth-order valence-corrected chi connectivity index (χ4v) is 1.47. The maximum atomic E-state index is 12.8. The van der Waals surface area contributed by atoms with E-state index in [1.54, 1.807) is 11.9 Å². The summed E-state index contributed by atoms with van der Waals surface area (Å²) in [5, 5.41) is 8.36. The van der Waals surface area contributed by atoms with Crippen molar-refractivity contribution in [2.24, 2.45) is 0 Å². The van der Waals surface area contributed by atoms with Gasteiger partial charge in [0, 0.05) is 0 Å². The van der Waals surface area contributed by atoms with Crippen molar-refractivity contribution < 1.29 is 14.3 Å². The Morgan fingerprint density at radius 1 is 1.82 bits per heavy atom. The molecule has 1 aliphatic rings. The number of alkyl halides is 1. The lowest BCUT2D eigenvalue weighted by atomic mass is 10.1. The molecule has 0 aromatic heterocycles. The molecule has 0 aromatic carbocycles. The fraction of sp³-hybridized carbons (Fsp3) is 0.857. The van der Waals surface area contributed by atoms with E-state index in [2.05, 4.69) is 0 Å². The summed E-state index contributed by atoms with van der Waals surface area (Å²) in [5.41, 5.74) is 0. The molecule has 11 heavy (non-hydrogen) atoms. The molecule has 4 heteroatoms. The van der Waals surface area contributed by atoms with E-state index in [-0.39, 0.29) is 0 Å². The Labute approximate surface area is 64.8 Å². The van der Waals surface area contributed by atoms with Gasteiger partial charge in [0.15, 0.2) is 0 Å². The van der Waals surface area contributed by atoms with E-state index in [9.17, 15) is 9.18 Å². The Kier molecular flexibility index (Phi) is 2.44. The number of carbonyl (C=O) groups is 1. The highest BCUT2D eigenvalue weighted by atomic mass is 19.1. The highest BCUT2D eigenvalue weighted by Gasteiger charge is 2.33.